The normalized spacial score (nSPS) is 11.8. The zero-order chi connectivity index (χ0) is 20.1. The number of nitrogens with one attached hydrogen (secondary N) is 1. The van der Waals surface area contributed by atoms with Crippen LogP contribution in [0.3, 0.4) is 0 Å². The summed E-state index contributed by atoms with van der Waals surface area (Å²) in [4.78, 5) is 13.2. The van der Waals surface area contributed by atoms with E-state index in [4.69, 9.17) is 0 Å². The molecule has 1 atom stereocenters. The van der Waals surface area contributed by atoms with Gasteiger partial charge in [0.05, 0.1) is 0 Å². The zero-order valence-electron chi connectivity index (χ0n) is 15.9. The van der Waals surface area contributed by atoms with Crippen LogP contribution in [0.4, 0.5) is 5.69 Å². The number of thioether (sulfide) groups is 1. The fourth-order valence-electron chi connectivity index (χ4n) is 2.92. The van der Waals surface area contributed by atoms with E-state index in [1.807, 2.05) is 96.4 Å². The summed E-state index contributed by atoms with van der Waals surface area (Å²) in [6.07, 6.45) is 1.66. The number of carbonyl (C=O) groups is 1. The van der Waals surface area contributed by atoms with Crippen LogP contribution in [0.5, 0.6) is 0 Å². The number of rotatable bonds is 6. The summed E-state index contributed by atoms with van der Waals surface area (Å²) in [5.41, 5.74) is 3.77. The van der Waals surface area contributed by atoms with Gasteiger partial charge in [0.2, 0.25) is 5.91 Å². The van der Waals surface area contributed by atoms with Crippen LogP contribution in [0.25, 0.3) is 5.69 Å². The molecule has 3 aromatic carbocycles. The lowest BCUT2D eigenvalue weighted by atomic mass is 10.1. The molecule has 0 saturated heterocycles. The average Bonchev–Trinajstić information content (AvgIpc) is 3.23. The Labute approximate surface area is 173 Å². The van der Waals surface area contributed by atoms with Gasteiger partial charge in [-0.3, -0.25) is 9.36 Å². The van der Waals surface area contributed by atoms with Gasteiger partial charge < -0.3 is 5.32 Å². The smallest absolute Gasteiger partial charge is 0.242 e. The molecule has 1 amide bonds. The summed E-state index contributed by atoms with van der Waals surface area (Å²) in [5.74, 6) is -0.104. The molecule has 5 nitrogen and oxygen atoms in total. The number of para-hydroxylation sites is 1. The molecule has 4 aromatic rings. The number of aromatic nitrogens is 3. The number of hydrogen-bond acceptors (Lipinski definition) is 4. The second-order valence-electron chi connectivity index (χ2n) is 6.58. The van der Waals surface area contributed by atoms with Crippen molar-refractivity contribution in [1.29, 1.82) is 0 Å². The van der Waals surface area contributed by atoms with Gasteiger partial charge in [0.15, 0.2) is 5.16 Å². The molecule has 1 N–H and O–H groups in total. The number of nitrogens with zero attached hydrogens (tertiary/aromatic N) is 3. The van der Waals surface area contributed by atoms with Crippen LogP contribution in [0.1, 0.15) is 16.4 Å². The van der Waals surface area contributed by atoms with Gasteiger partial charge in [-0.15, -0.1) is 10.2 Å². The van der Waals surface area contributed by atoms with Crippen molar-refractivity contribution >= 4 is 23.4 Å². The predicted octanol–water partition coefficient (Wildman–Crippen LogP) is 5.05. The van der Waals surface area contributed by atoms with Gasteiger partial charge in [-0.05, 0) is 36.8 Å². The van der Waals surface area contributed by atoms with Crippen molar-refractivity contribution in [3.8, 4) is 5.69 Å². The van der Waals surface area contributed by atoms with E-state index in [9.17, 15) is 4.79 Å². The fraction of sp³-hybridized carbons (Fsp3) is 0.0870. The monoisotopic (exact) mass is 400 g/mol. The van der Waals surface area contributed by atoms with Crippen LogP contribution in [-0.2, 0) is 4.79 Å². The average molecular weight is 401 g/mol. The highest BCUT2D eigenvalue weighted by atomic mass is 32.2. The summed E-state index contributed by atoms with van der Waals surface area (Å²) in [5, 5.41) is 11.5. The zero-order valence-corrected chi connectivity index (χ0v) is 16.7. The Balaban J connectivity index is 1.63. The molecule has 0 bridgehead atoms. The maximum atomic E-state index is 13.2. The molecule has 0 radical (unpaired) electrons. The van der Waals surface area contributed by atoms with Crippen LogP contribution < -0.4 is 5.32 Å². The molecule has 0 fully saturated rings. The van der Waals surface area contributed by atoms with Crippen LogP contribution >= 0.6 is 11.8 Å². The van der Waals surface area contributed by atoms with E-state index in [1.165, 1.54) is 11.8 Å². The van der Waals surface area contributed by atoms with E-state index in [2.05, 4.69) is 15.5 Å². The number of hydrogen-bond donors (Lipinski definition) is 1. The molecule has 29 heavy (non-hydrogen) atoms. The third-order valence-electron chi connectivity index (χ3n) is 4.43. The maximum Gasteiger partial charge on any atom is 0.242 e. The maximum absolute atomic E-state index is 13.2. The summed E-state index contributed by atoms with van der Waals surface area (Å²) in [6.45, 7) is 2.02. The van der Waals surface area contributed by atoms with E-state index in [-0.39, 0.29) is 5.91 Å². The third kappa shape index (κ3) is 4.55. The molecular weight excluding hydrogens is 380 g/mol. The molecule has 0 aliphatic heterocycles. The van der Waals surface area contributed by atoms with E-state index < -0.39 is 5.25 Å². The summed E-state index contributed by atoms with van der Waals surface area (Å²) in [7, 11) is 0. The Hall–Kier alpha value is -3.38. The van der Waals surface area contributed by atoms with Crippen molar-refractivity contribution in [2.75, 3.05) is 5.32 Å². The summed E-state index contributed by atoms with van der Waals surface area (Å²) >= 11 is 1.38. The second kappa shape index (κ2) is 8.75. The van der Waals surface area contributed by atoms with E-state index in [0.29, 0.717) is 5.16 Å². The molecular formula is C23H20N4OS. The van der Waals surface area contributed by atoms with Crippen molar-refractivity contribution in [3.05, 3.63) is 102 Å². The molecule has 1 heterocycles. The van der Waals surface area contributed by atoms with Gasteiger partial charge in [0.25, 0.3) is 0 Å². The first-order valence-corrected chi connectivity index (χ1v) is 10.1. The van der Waals surface area contributed by atoms with Crippen LogP contribution in [0, 0.1) is 6.92 Å². The highest BCUT2D eigenvalue weighted by molar-refractivity contribution is 8.00. The second-order valence-corrected chi connectivity index (χ2v) is 7.66. The first kappa shape index (κ1) is 19.0. The summed E-state index contributed by atoms with van der Waals surface area (Å²) < 4.78 is 1.89. The van der Waals surface area contributed by atoms with Gasteiger partial charge in [-0.25, -0.2) is 0 Å². The highest BCUT2D eigenvalue weighted by Gasteiger charge is 2.25. The van der Waals surface area contributed by atoms with Gasteiger partial charge >= 0.3 is 0 Å². The predicted molar refractivity (Wildman–Crippen MR) is 116 cm³/mol. The molecule has 1 aromatic heterocycles. The minimum atomic E-state index is -0.468. The number of aryl methyl sites for hydroxylation is 1. The Morgan fingerprint density at radius 3 is 2.28 bits per heavy atom. The van der Waals surface area contributed by atoms with Crippen molar-refractivity contribution in [2.45, 2.75) is 17.3 Å². The minimum Gasteiger partial charge on any atom is -0.325 e. The van der Waals surface area contributed by atoms with Crippen molar-refractivity contribution < 1.29 is 4.79 Å². The van der Waals surface area contributed by atoms with Crippen LogP contribution in [0.15, 0.2) is 96.4 Å². The van der Waals surface area contributed by atoms with E-state index in [0.717, 1.165) is 22.5 Å². The van der Waals surface area contributed by atoms with E-state index >= 15 is 0 Å². The van der Waals surface area contributed by atoms with Gasteiger partial charge in [-0.1, -0.05) is 78.0 Å². The third-order valence-corrected chi connectivity index (χ3v) is 5.64. The molecule has 144 valence electrons. The quantitative estimate of drug-likeness (QED) is 0.460. The van der Waals surface area contributed by atoms with Gasteiger partial charge in [0.1, 0.15) is 11.6 Å². The van der Waals surface area contributed by atoms with Crippen molar-refractivity contribution in [3.63, 3.8) is 0 Å². The molecule has 4 rings (SSSR count). The lowest BCUT2D eigenvalue weighted by Crippen LogP contribution is -2.19. The number of amides is 1. The SMILES string of the molecule is Cc1ccc(NC(=O)[C@@H](Sc2nncn2-c2ccccc2)c2ccccc2)cc1. The summed E-state index contributed by atoms with van der Waals surface area (Å²) in [6, 6.07) is 27.3. The minimum absolute atomic E-state index is 0.104. The highest BCUT2D eigenvalue weighted by Crippen LogP contribution is 2.36. The Kier molecular flexibility index (Phi) is 5.72. The standard InChI is InChI=1S/C23H20N4OS/c1-17-12-14-19(15-13-17)25-22(28)21(18-8-4-2-5-9-18)29-23-26-24-16-27(23)20-10-6-3-7-11-20/h2-16,21H,1H3,(H,25,28)/t21-/m0/s1. The van der Waals surface area contributed by atoms with Gasteiger partial charge in [0, 0.05) is 11.4 Å². The molecule has 0 unspecified atom stereocenters. The number of carbonyl (C=O) groups excluding carboxylic acids is 1. The van der Waals surface area contributed by atoms with Crippen molar-refractivity contribution in [2.24, 2.45) is 0 Å². The fourth-order valence-corrected chi connectivity index (χ4v) is 3.95. The van der Waals surface area contributed by atoms with Crippen LogP contribution in [0.2, 0.25) is 0 Å². The topological polar surface area (TPSA) is 59.8 Å². The number of benzene rings is 3. The Morgan fingerprint density at radius 2 is 1.59 bits per heavy atom. The molecule has 0 aliphatic rings. The largest absolute Gasteiger partial charge is 0.325 e. The first-order chi connectivity index (χ1) is 14.2. The first-order valence-electron chi connectivity index (χ1n) is 9.25. The molecule has 0 aliphatic carbocycles. The Morgan fingerprint density at radius 1 is 0.931 bits per heavy atom. The lowest BCUT2D eigenvalue weighted by molar-refractivity contribution is -0.115. The van der Waals surface area contributed by atoms with Crippen molar-refractivity contribution in [1.82, 2.24) is 14.8 Å². The lowest BCUT2D eigenvalue weighted by Gasteiger charge is -2.17. The van der Waals surface area contributed by atoms with Crippen LogP contribution in [-0.4, -0.2) is 20.7 Å². The van der Waals surface area contributed by atoms with E-state index in [1.54, 1.807) is 6.33 Å². The Bertz CT molecular complexity index is 1080. The molecule has 0 saturated carbocycles. The number of anilines is 1. The molecule has 0 spiro atoms. The van der Waals surface area contributed by atoms with Gasteiger partial charge in [-0.2, -0.15) is 0 Å². The molecule has 6 heteroatoms.